The van der Waals surface area contributed by atoms with Crippen molar-refractivity contribution in [1.29, 1.82) is 0 Å². The highest BCUT2D eigenvalue weighted by atomic mass is 35.5. The van der Waals surface area contributed by atoms with Gasteiger partial charge in [-0.05, 0) is 43.4 Å². The van der Waals surface area contributed by atoms with Crippen molar-refractivity contribution in [3.8, 4) is 0 Å². The van der Waals surface area contributed by atoms with Gasteiger partial charge in [0.1, 0.15) is 0 Å². The van der Waals surface area contributed by atoms with Crippen molar-refractivity contribution in [2.24, 2.45) is 23.7 Å². The maximum absolute atomic E-state index is 9.91. The maximum Gasteiger partial charge on any atom is 0.0611 e. The van der Waals surface area contributed by atoms with Crippen LogP contribution in [0.4, 0.5) is 0 Å². The van der Waals surface area contributed by atoms with Gasteiger partial charge in [0.25, 0.3) is 0 Å². The van der Waals surface area contributed by atoms with E-state index in [1.54, 1.807) is 0 Å². The Labute approximate surface area is 78.1 Å². The summed E-state index contributed by atoms with van der Waals surface area (Å²) in [6.45, 7) is 0. The molecule has 0 aromatic heterocycles. The second-order valence-electron chi connectivity index (χ2n) is 4.93. The highest BCUT2D eigenvalue weighted by Gasteiger charge is 2.52. The molecule has 4 fully saturated rings. The van der Waals surface area contributed by atoms with Gasteiger partial charge in [0.2, 0.25) is 0 Å². The smallest absolute Gasteiger partial charge is 0.0611 e. The van der Waals surface area contributed by atoms with E-state index in [0.29, 0.717) is 11.8 Å². The predicted molar refractivity (Wildman–Crippen MR) is 48.1 cm³/mol. The molecular formula is C10H15ClO. The van der Waals surface area contributed by atoms with Crippen LogP contribution in [0.15, 0.2) is 0 Å². The zero-order chi connectivity index (χ0) is 8.29. The van der Waals surface area contributed by atoms with E-state index in [1.807, 2.05) is 0 Å². The van der Waals surface area contributed by atoms with Crippen LogP contribution in [0.5, 0.6) is 0 Å². The Kier molecular flexibility index (Phi) is 1.52. The fourth-order valence-electron chi connectivity index (χ4n) is 3.81. The standard InChI is InChI=1S/C10H15ClO/c11-9-6-1-5-2-7(4-6)10(12)8(9)3-5/h5-10,12H,1-4H2/t5-,6-,7+,8+,9+,10?/m1/s1. The molecule has 12 heavy (non-hydrogen) atoms. The summed E-state index contributed by atoms with van der Waals surface area (Å²) in [5, 5.41) is 10.2. The van der Waals surface area contributed by atoms with Crippen LogP contribution in [0.1, 0.15) is 25.7 Å². The number of rotatable bonds is 0. The first-order chi connectivity index (χ1) is 5.75. The summed E-state index contributed by atoms with van der Waals surface area (Å²) in [7, 11) is 0. The molecule has 0 aromatic carbocycles. The van der Waals surface area contributed by atoms with E-state index in [4.69, 9.17) is 11.6 Å². The first-order valence-corrected chi connectivity index (χ1v) is 5.51. The molecule has 0 radical (unpaired) electrons. The second kappa shape index (κ2) is 2.39. The Hall–Kier alpha value is 0.250. The molecule has 1 unspecified atom stereocenters. The molecule has 4 aliphatic carbocycles. The van der Waals surface area contributed by atoms with Gasteiger partial charge in [-0.15, -0.1) is 11.6 Å². The van der Waals surface area contributed by atoms with Crippen LogP contribution in [0.2, 0.25) is 0 Å². The zero-order valence-corrected chi connectivity index (χ0v) is 7.87. The van der Waals surface area contributed by atoms with Crippen LogP contribution >= 0.6 is 11.6 Å². The summed E-state index contributed by atoms with van der Waals surface area (Å²) < 4.78 is 0. The van der Waals surface area contributed by atoms with Gasteiger partial charge in [-0.3, -0.25) is 0 Å². The number of hydrogen-bond donors (Lipinski definition) is 1. The minimum Gasteiger partial charge on any atom is -0.392 e. The van der Waals surface area contributed by atoms with E-state index < -0.39 is 0 Å². The van der Waals surface area contributed by atoms with Gasteiger partial charge in [-0.25, -0.2) is 0 Å². The summed E-state index contributed by atoms with van der Waals surface area (Å²) in [5.41, 5.74) is 0. The molecular weight excluding hydrogens is 172 g/mol. The molecule has 4 aliphatic rings. The molecule has 0 spiro atoms. The molecule has 2 heteroatoms. The van der Waals surface area contributed by atoms with Crippen LogP contribution < -0.4 is 0 Å². The molecule has 0 amide bonds. The van der Waals surface area contributed by atoms with E-state index in [-0.39, 0.29) is 11.5 Å². The topological polar surface area (TPSA) is 20.2 Å². The third-order valence-electron chi connectivity index (χ3n) is 4.26. The third-order valence-corrected chi connectivity index (χ3v) is 4.94. The monoisotopic (exact) mass is 186 g/mol. The van der Waals surface area contributed by atoms with E-state index in [2.05, 4.69) is 0 Å². The summed E-state index contributed by atoms with van der Waals surface area (Å²) in [5.74, 6) is 2.67. The molecule has 0 aromatic rings. The molecule has 68 valence electrons. The fourth-order valence-corrected chi connectivity index (χ4v) is 4.26. The van der Waals surface area contributed by atoms with Crippen molar-refractivity contribution >= 4 is 11.6 Å². The SMILES string of the molecule is OC1[C@H]2C[C@H]3C[C@H](C2)[C@H](Cl)[C@@H]1C3. The van der Waals surface area contributed by atoms with E-state index >= 15 is 0 Å². The molecule has 0 saturated heterocycles. The Bertz CT molecular complexity index is 188. The second-order valence-corrected chi connectivity index (χ2v) is 5.43. The quantitative estimate of drug-likeness (QED) is 0.574. The van der Waals surface area contributed by atoms with Crippen molar-refractivity contribution in [2.45, 2.75) is 37.2 Å². The van der Waals surface area contributed by atoms with Gasteiger partial charge in [0, 0.05) is 11.3 Å². The van der Waals surface area contributed by atoms with E-state index in [9.17, 15) is 5.11 Å². The minimum absolute atomic E-state index is 0.0692. The minimum atomic E-state index is -0.0692. The number of aliphatic hydroxyl groups excluding tert-OH is 1. The fraction of sp³-hybridized carbons (Fsp3) is 1.00. The lowest BCUT2D eigenvalue weighted by Gasteiger charge is -2.55. The van der Waals surface area contributed by atoms with Crippen LogP contribution in [0.3, 0.4) is 0 Å². The van der Waals surface area contributed by atoms with Gasteiger partial charge in [0.05, 0.1) is 6.10 Å². The first kappa shape index (κ1) is 7.64. The molecule has 1 nitrogen and oxygen atoms in total. The van der Waals surface area contributed by atoms with Gasteiger partial charge < -0.3 is 5.11 Å². The van der Waals surface area contributed by atoms with Crippen molar-refractivity contribution < 1.29 is 5.11 Å². The molecule has 1 N–H and O–H groups in total. The van der Waals surface area contributed by atoms with Crippen molar-refractivity contribution in [3.05, 3.63) is 0 Å². The van der Waals surface area contributed by atoms with Gasteiger partial charge in [-0.1, -0.05) is 0 Å². The van der Waals surface area contributed by atoms with E-state index in [0.717, 1.165) is 11.8 Å². The number of alkyl halides is 1. The largest absolute Gasteiger partial charge is 0.392 e. The van der Waals surface area contributed by atoms with Gasteiger partial charge in [0.15, 0.2) is 0 Å². The summed E-state index contributed by atoms with van der Waals surface area (Å²) in [6.07, 6.45) is 4.94. The van der Waals surface area contributed by atoms with Crippen molar-refractivity contribution in [3.63, 3.8) is 0 Å². The maximum atomic E-state index is 9.91. The highest BCUT2D eigenvalue weighted by Crippen LogP contribution is 2.55. The molecule has 4 saturated carbocycles. The lowest BCUT2D eigenvalue weighted by molar-refractivity contribution is -0.0886. The average molecular weight is 187 g/mol. The summed E-state index contributed by atoms with van der Waals surface area (Å²) in [6, 6.07) is 0. The lowest BCUT2D eigenvalue weighted by atomic mass is 9.55. The zero-order valence-electron chi connectivity index (χ0n) is 7.12. The molecule has 4 bridgehead atoms. The Morgan fingerprint density at radius 3 is 2.58 bits per heavy atom. The van der Waals surface area contributed by atoms with Crippen LogP contribution in [-0.2, 0) is 0 Å². The summed E-state index contributed by atoms with van der Waals surface area (Å²) >= 11 is 6.31. The predicted octanol–water partition coefficient (Wildman–Crippen LogP) is 2.02. The highest BCUT2D eigenvalue weighted by molar-refractivity contribution is 6.21. The normalized spacial score (nSPS) is 62.5. The van der Waals surface area contributed by atoms with Gasteiger partial charge in [-0.2, -0.15) is 0 Å². The molecule has 6 atom stereocenters. The number of halogens is 1. The number of aliphatic hydroxyl groups is 1. The first-order valence-electron chi connectivity index (χ1n) is 5.08. The number of hydrogen-bond acceptors (Lipinski definition) is 1. The Morgan fingerprint density at radius 2 is 1.75 bits per heavy atom. The van der Waals surface area contributed by atoms with Gasteiger partial charge >= 0.3 is 0 Å². The molecule has 0 heterocycles. The Balaban J connectivity index is 1.93. The summed E-state index contributed by atoms with van der Waals surface area (Å²) in [4.78, 5) is 0. The molecule has 0 aliphatic heterocycles. The van der Waals surface area contributed by atoms with E-state index in [1.165, 1.54) is 25.7 Å². The average Bonchev–Trinajstić information content (AvgIpc) is 2.07. The van der Waals surface area contributed by atoms with Crippen molar-refractivity contribution in [2.75, 3.05) is 0 Å². The van der Waals surface area contributed by atoms with Crippen LogP contribution in [0.25, 0.3) is 0 Å². The van der Waals surface area contributed by atoms with Crippen LogP contribution in [-0.4, -0.2) is 16.6 Å². The third kappa shape index (κ3) is 0.843. The Morgan fingerprint density at radius 1 is 1.00 bits per heavy atom. The van der Waals surface area contributed by atoms with Crippen LogP contribution in [0, 0.1) is 23.7 Å². The lowest BCUT2D eigenvalue weighted by Crippen LogP contribution is -2.54. The van der Waals surface area contributed by atoms with Crippen molar-refractivity contribution in [1.82, 2.24) is 0 Å². The molecule has 4 rings (SSSR count).